The Morgan fingerprint density at radius 1 is 1.11 bits per heavy atom. The van der Waals surface area contributed by atoms with Gasteiger partial charge in [-0.3, -0.25) is 29.7 Å². The van der Waals surface area contributed by atoms with Crippen LogP contribution in [0.4, 0.5) is 45.1 Å². The van der Waals surface area contributed by atoms with E-state index in [-0.39, 0.29) is 56.4 Å². The number of nitrogens with zero attached hydrogens (tertiary/aromatic N) is 4. The minimum atomic E-state index is -3.23. The monoisotopic (exact) mass is 527 g/mol. The molecule has 1 atom stereocenters. The molecule has 0 saturated carbocycles. The van der Waals surface area contributed by atoms with Crippen LogP contribution < -0.4 is 20.2 Å². The van der Waals surface area contributed by atoms with E-state index < -0.39 is 41.1 Å². The Morgan fingerprint density at radius 2 is 1.78 bits per heavy atom. The second-order valence-corrected chi connectivity index (χ2v) is 8.12. The molecule has 2 amide bonds. The number of halogens is 4. The van der Waals surface area contributed by atoms with Crippen LogP contribution in [0.5, 0.6) is 0 Å². The van der Waals surface area contributed by atoms with E-state index in [0.717, 1.165) is 17.0 Å². The van der Waals surface area contributed by atoms with Crippen LogP contribution in [-0.2, 0) is 14.4 Å². The maximum atomic E-state index is 15.1. The van der Waals surface area contributed by atoms with E-state index >= 15 is 8.78 Å². The van der Waals surface area contributed by atoms with Crippen molar-refractivity contribution in [2.24, 2.45) is 0 Å². The van der Waals surface area contributed by atoms with Gasteiger partial charge in [0.25, 0.3) is 11.6 Å². The van der Waals surface area contributed by atoms with E-state index in [9.17, 15) is 28.5 Å². The highest BCUT2D eigenvalue weighted by atomic mass is 19.3. The van der Waals surface area contributed by atoms with E-state index in [0.29, 0.717) is 5.69 Å². The van der Waals surface area contributed by atoms with Gasteiger partial charge in [-0.05, 0) is 12.1 Å². The van der Waals surface area contributed by atoms with Gasteiger partial charge in [0.15, 0.2) is 11.6 Å². The number of carbonyl (C=O) groups excluding carboxylic acids is 2. The summed E-state index contributed by atoms with van der Waals surface area (Å²) in [6.45, 7) is -0.0308. The molecule has 37 heavy (non-hydrogen) atoms. The first-order valence-corrected chi connectivity index (χ1v) is 11.1. The first kappa shape index (κ1) is 25.9. The summed E-state index contributed by atoms with van der Waals surface area (Å²) in [6, 6.07) is 7.57. The Labute approximate surface area is 207 Å². The van der Waals surface area contributed by atoms with Crippen LogP contribution in [-0.4, -0.2) is 68.8 Å². The smallest absolute Gasteiger partial charge is 0.414 e. The van der Waals surface area contributed by atoms with Gasteiger partial charge in [0.1, 0.15) is 11.8 Å². The largest absolute Gasteiger partial charge is 0.442 e. The van der Waals surface area contributed by atoms with E-state index in [1.807, 2.05) is 5.32 Å². The molecule has 4 rings (SSSR count). The van der Waals surface area contributed by atoms with Gasteiger partial charge >= 0.3 is 12.5 Å². The van der Waals surface area contributed by atoms with Crippen molar-refractivity contribution in [3.8, 4) is 0 Å². The van der Waals surface area contributed by atoms with Crippen LogP contribution in [0.15, 0.2) is 36.4 Å². The molecular weight excluding hydrogens is 506 g/mol. The van der Waals surface area contributed by atoms with Crippen molar-refractivity contribution in [2.45, 2.75) is 12.5 Å². The summed E-state index contributed by atoms with van der Waals surface area (Å²) in [5.41, 5.74) is -0.0117. The Bertz CT molecular complexity index is 1160. The number of benzene rings is 2. The molecule has 0 spiro atoms. The molecule has 1 unspecified atom stereocenters. The maximum Gasteiger partial charge on any atom is 0.414 e. The van der Waals surface area contributed by atoms with Gasteiger partial charge in [0.05, 0.1) is 42.5 Å². The SMILES string of the molecule is O=C(NCC1CN(c2cc(F)c(N3CCON(c4ccc([N+](=O)[O-])cc4)CC3)c(F)c2)C(=O)O1)C(F)F. The van der Waals surface area contributed by atoms with Gasteiger partial charge in [0.2, 0.25) is 0 Å². The summed E-state index contributed by atoms with van der Waals surface area (Å²) in [4.78, 5) is 41.5. The topological polar surface area (TPSA) is 117 Å². The van der Waals surface area contributed by atoms with Crippen LogP contribution in [0, 0.1) is 21.7 Å². The summed E-state index contributed by atoms with van der Waals surface area (Å²) >= 11 is 0. The lowest BCUT2D eigenvalue weighted by Gasteiger charge is -2.25. The van der Waals surface area contributed by atoms with Crippen molar-refractivity contribution in [3.05, 3.63) is 58.1 Å². The maximum absolute atomic E-state index is 15.1. The molecule has 0 radical (unpaired) electrons. The van der Waals surface area contributed by atoms with Crippen LogP contribution in [0.1, 0.15) is 0 Å². The standard InChI is InChI=1S/C22H21F4N5O6/c23-17-9-15(29-12-16(37-22(29)33)11-27-21(32)20(25)26)10-18(24)19(17)28-5-6-30(36-8-7-28)13-1-3-14(4-2-13)31(34)35/h1-4,9-10,16,20H,5-8,11-12H2,(H,27,32). The van der Waals surface area contributed by atoms with E-state index in [4.69, 9.17) is 9.57 Å². The number of hydroxylamine groups is 1. The molecule has 0 aromatic heterocycles. The molecular formula is C22H21F4N5O6. The molecule has 11 nitrogen and oxygen atoms in total. The van der Waals surface area contributed by atoms with Gasteiger partial charge in [-0.25, -0.2) is 13.6 Å². The number of anilines is 3. The van der Waals surface area contributed by atoms with Crippen molar-refractivity contribution >= 4 is 34.7 Å². The van der Waals surface area contributed by atoms with Crippen LogP contribution in [0.3, 0.4) is 0 Å². The zero-order valence-electron chi connectivity index (χ0n) is 19.1. The third-order valence-corrected chi connectivity index (χ3v) is 5.74. The molecule has 15 heteroatoms. The number of hydrogen-bond acceptors (Lipinski definition) is 8. The molecule has 2 aliphatic heterocycles. The third kappa shape index (κ3) is 5.82. The summed E-state index contributed by atoms with van der Waals surface area (Å²) < 4.78 is 59.8. The Morgan fingerprint density at radius 3 is 2.41 bits per heavy atom. The zero-order valence-corrected chi connectivity index (χ0v) is 19.1. The van der Waals surface area contributed by atoms with Crippen molar-refractivity contribution in [3.63, 3.8) is 0 Å². The summed E-state index contributed by atoms with van der Waals surface area (Å²) in [5.74, 6) is -3.41. The molecule has 198 valence electrons. The fourth-order valence-corrected chi connectivity index (χ4v) is 3.96. The molecule has 2 aliphatic rings. The summed E-state index contributed by atoms with van der Waals surface area (Å²) in [5, 5.41) is 14.2. The molecule has 2 heterocycles. The second-order valence-electron chi connectivity index (χ2n) is 8.12. The van der Waals surface area contributed by atoms with Crippen LogP contribution in [0.2, 0.25) is 0 Å². The highest BCUT2D eigenvalue weighted by Gasteiger charge is 2.34. The molecule has 2 fully saturated rings. The fraction of sp³-hybridized carbons (Fsp3) is 0.364. The van der Waals surface area contributed by atoms with Crippen LogP contribution in [0.25, 0.3) is 0 Å². The number of cyclic esters (lactones) is 1. The van der Waals surface area contributed by atoms with Crippen molar-refractivity contribution < 1.29 is 41.6 Å². The van der Waals surface area contributed by atoms with Gasteiger partial charge in [0, 0.05) is 37.4 Å². The summed E-state index contributed by atoms with van der Waals surface area (Å²) in [7, 11) is 0. The first-order chi connectivity index (χ1) is 17.6. The Hall–Kier alpha value is -4.14. The lowest BCUT2D eigenvalue weighted by molar-refractivity contribution is -0.384. The van der Waals surface area contributed by atoms with Crippen molar-refractivity contribution in [2.75, 3.05) is 54.2 Å². The normalized spacial score (nSPS) is 18.1. The minimum absolute atomic E-state index is 0.0715. The quantitative estimate of drug-likeness (QED) is 0.332. The third-order valence-electron chi connectivity index (χ3n) is 5.74. The number of non-ortho nitro benzene ring substituents is 1. The Balaban J connectivity index is 1.43. The van der Waals surface area contributed by atoms with Crippen molar-refractivity contribution in [1.29, 1.82) is 0 Å². The number of rotatable bonds is 7. The molecule has 0 bridgehead atoms. The molecule has 2 aromatic rings. The van der Waals surface area contributed by atoms with Gasteiger partial charge in [-0.15, -0.1) is 0 Å². The number of amides is 2. The number of nitrogens with one attached hydrogen (secondary N) is 1. The number of nitro benzene ring substituents is 1. The number of carbonyl (C=O) groups is 2. The fourth-order valence-electron chi connectivity index (χ4n) is 3.96. The predicted octanol–water partition coefficient (Wildman–Crippen LogP) is 2.84. The zero-order chi connectivity index (χ0) is 26.7. The highest BCUT2D eigenvalue weighted by molar-refractivity contribution is 5.90. The van der Waals surface area contributed by atoms with Gasteiger partial charge < -0.3 is 15.0 Å². The second kappa shape index (κ2) is 10.9. The number of nitro groups is 1. The molecule has 0 aliphatic carbocycles. The number of ether oxygens (including phenoxy) is 1. The number of alkyl halides is 2. The van der Waals surface area contributed by atoms with Crippen molar-refractivity contribution in [1.82, 2.24) is 5.32 Å². The minimum Gasteiger partial charge on any atom is -0.442 e. The van der Waals surface area contributed by atoms with E-state index in [2.05, 4.69) is 0 Å². The lowest BCUT2D eigenvalue weighted by Crippen LogP contribution is -2.37. The lowest BCUT2D eigenvalue weighted by atomic mass is 10.2. The number of hydrogen-bond donors (Lipinski definition) is 1. The summed E-state index contributed by atoms with van der Waals surface area (Å²) in [6.07, 6.45) is -5.14. The average molecular weight is 527 g/mol. The van der Waals surface area contributed by atoms with Gasteiger partial charge in [-0.2, -0.15) is 8.78 Å². The van der Waals surface area contributed by atoms with Gasteiger partial charge in [-0.1, -0.05) is 0 Å². The van der Waals surface area contributed by atoms with E-state index in [1.54, 1.807) is 0 Å². The first-order valence-electron chi connectivity index (χ1n) is 11.1. The van der Waals surface area contributed by atoms with Crippen LogP contribution >= 0.6 is 0 Å². The highest BCUT2D eigenvalue weighted by Crippen LogP contribution is 2.32. The molecule has 1 N–H and O–H groups in total. The predicted molar refractivity (Wildman–Crippen MR) is 122 cm³/mol. The molecule has 2 saturated heterocycles. The molecule has 2 aromatic carbocycles. The average Bonchev–Trinajstić information content (AvgIpc) is 3.06. The van der Waals surface area contributed by atoms with E-state index in [1.165, 1.54) is 34.2 Å². The Kier molecular flexibility index (Phi) is 7.61.